The minimum atomic E-state index is -0.466. The standard InChI is InChI=1S/C23H17Cl2N3O4S/c1-30-18-4-3-5-19(31-2)20(18)21(29)28-23(33)26-13-7-9-17-16(11-13)27-22(32-17)12-6-8-14(24)15(25)10-12/h3-11H,1-2H3,(H2,26,28,29,33). The second kappa shape index (κ2) is 9.66. The molecule has 0 aliphatic heterocycles. The molecule has 7 nitrogen and oxygen atoms in total. The molecule has 0 aliphatic carbocycles. The van der Waals surface area contributed by atoms with E-state index in [0.717, 1.165) is 0 Å². The number of anilines is 1. The van der Waals surface area contributed by atoms with Crippen LogP contribution in [0.3, 0.4) is 0 Å². The van der Waals surface area contributed by atoms with Crippen LogP contribution in [0.15, 0.2) is 59.0 Å². The van der Waals surface area contributed by atoms with Crippen LogP contribution in [0.25, 0.3) is 22.6 Å². The zero-order chi connectivity index (χ0) is 23.5. The van der Waals surface area contributed by atoms with Crippen molar-refractivity contribution < 1.29 is 18.7 Å². The lowest BCUT2D eigenvalue weighted by Gasteiger charge is -2.14. The maximum atomic E-state index is 12.8. The number of hydrogen-bond acceptors (Lipinski definition) is 6. The summed E-state index contributed by atoms with van der Waals surface area (Å²) in [4.78, 5) is 17.3. The van der Waals surface area contributed by atoms with Crippen LogP contribution in [0.5, 0.6) is 11.5 Å². The van der Waals surface area contributed by atoms with Crippen LogP contribution in [0.2, 0.25) is 10.0 Å². The summed E-state index contributed by atoms with van der Waals surface area (Å²) >= 11 is 17.4. The zero-order valence-electron chi connectivity index (χ0n) is 17.4. The third-order valence-corrected chi connectivity index (χ3v) is 5.64. The van der Waals surface area contributed by atoms with E-state index in [1.807, 2.05) is 0 Å². The maximum Gasteiger partial charge on any atom is 0.264 e. The average Bonchev–Trinajstić information content (AvgIpc) is 3.23. The number of aromatic nitrogens is 1. The first kappa shape index (κ1) is 22.8. The van der Waals surface area contributed by atoms with Crippen molar-refractivity contribution in [3.8, 4) is 23.0 Å². The van der Waals surface area contributed by atoms with E-state index in [0.29, 0.717) is 49.8 Å². The van der Waals surface area contributed by atoms with E-state index in [-0.39, 0.29) is 10.7 Å². The number of carbonyl (C=O) groups excluding carboxylic acids is 1. The monoisotopic (exact) mass is 501 g/mol. The highest BCUT2D eigenvalue weighted by Crippen LogP contribution is 2.31. The molecule has 0 spiro atoms. The summed E-state index contributed by atoms with van der Waals surface area (Å²) in [5.41, 5.74) is 2.74. The van der Waals surface area contributed by atoms with Crippen molar-refractivity contribution in [1.29, 1.82) is 0 Å². The van der Waals surface area contributed by atoms with Crippen LogP contribution < -0.4 is 20.1 Å². The topological polar surface area (TPSA) is 85.6 Å². The van der Waals surface area contributed by atoms with Crippen molar-refractivity contribution >= 4 is 63.2 Å². The highest BCUT2D eigenvalue weighted by molar-refractivity contribution is 7.80. The third kappa shape index (κ3) is 4.88. The molecule has 0 aliphatic rings. The summed E-state index contributed by atoms with van der Waals surface area (Å²) in [7, 11) is 2.95. The fraction of sp³-hybridized carbons (Fsp3) is 0.0870. The largest absolute Gasteiger partial charge is 0.496 e. The highest BCUT2D eigenvalue weighted by atomic mass is 35.5. The molecule has 0 radical (unpaired) electrons. The number of hydrogen-bond donors (Lipinski definition) is 2. The van der Waals surface area contributed by atoms with Crippen molar-refractivity contribution in [3.05, 3.63) is 70.2 Å². The number of nitrogens with zero attached hydrogens (tertiary/aromatic N) is 1. The van der Waals surface area contributed by atoms with Gasteiger partial charge in [-0.3, -0.25) is 10.1 Å². The smallest absolute Gasteiger partial charge is 0.264 e. The van der Waals surface area contributed by atoms with Gasteiger partial charge in [-0.15, -0.1) is 0 Å². The molecule has 0 saturated heterocycles. The van der Waals surface area contributed by atoms with E-state index in [4.69, 9.17) is 49.3 Å². The molecule has 1 heterocycles. The van der Waals surface area contributed by atoms with Crippen LogP contribution in [0.4, 0.5) is 5.69 Å². The second-order valence-electron chi connectivity index (χ2n) is 6.78. The van der Waals surface area contributed by atoms with Crippen LogP contribution in [0.1, 0.15) is 10.4 Å². The Hall–Kier alpha value is -3.33. The minimum absolute atomic E-state index is 0.0977. The molecule has 4 rings (SSSR count). The summed E-state index contributed by atoms with van der Waals surface area (Å²) in [5, 5.41) is 6.56. The van der Waals surface area contributed by atoms with Gasteiger partial charge in [-0.2, -0.15) is 0 Å². The predicted molar refractivity (Wildman–Crippen MR) is 133 cm³/mol. The van der Waals surface area contributed by atoms with Gasteiger partial charge >= 0.3 is 0 Å². The zero-order valence-corrected chi connectivity index (χ0v) is 19.8. The minimum Gasteiger partial charge on any atom is -0.496 e. The Bertz CT molecular complexity index is 1350. The number of benzene rings is 3. The lowest BCUT2D eigenvalue weighted by molar-refractivity contribution is 0.0971. The normalized spacial score (nSPS) is 10.7. The first-order valence-corrected chi connectivity index (χ1v) is 10.8. The fourth-order valence-corrected chi connectivity index (χ4v) is 3.67. The number of carbonyl (C=O) groups is 1. The van der Waals surface area contributed by atoms with E-state index in [9.17, 15) is 4.79 Å². The number of rotatable bonds is 5. The Morgan fingerprint density at radius 3 is 2.39 bits per heavy atom. The number of ether oxygens (including phenoxy) is 2. The lowest BCUT2D eigenvalue weighted by Crippen LogP contribution is -2.34. The van der Waals surface area contributed by atoms with E-state index in [2.05, 4.69) is 15.6 Å². The maximum absolute atomic E-state index is 12.8. The summed E-state index contributed by atoms with van der Waals surface area (Å²) in [5.74, 6) is 0.674. The molecule has 0 saturated carbocycles. The summed E-state index contributed by atoms with van der Waals surface area (Å²) in [6.07, 6.45) is 0. The molecule has 0 atom stereocenters. The van der Waals surface area contributed by atoms with Gasteiger partial charge in [0.15, 0.2) is 10.7 Å². The van der Waals surface area contributed by atoms with E-state index < -0.39 is 5.91 Å². The van der Waals surface area contributed by atoms with Crippen LogP contribution in [0, 0.1) is 0 Å². The molecule has 168 valence electrons. The molecule has 1 aromatic heterocycles. The van der Waals surface area contributed by atoms with E-state index in [1.54, 1.807) is 54.6 Å². The Labute approximate surface area is 204 Å². The van der Waals surface area contributed by atoms with Crippen molar-refractivity contribution in [2.75, 3.05) is 19.5 Å². The molecule has 1 amide bonds. The van der Waals surface area contributed by atoms with Gasteiger partial charge in [0, 0.05) is 11.3 Å². The first-order chi connectivity index (χ1) is 15.9. The number of methoxy groups -OCH3 is 2. The molecule has 2 N–H and O–H groups in total. The van der Waals surface area contributed by atoms with Crippen LogP contribution >= 0.6 is 35.4 Å². The Kier molecular flexibility index (Phi) is 6.69. The third-order valence-electron chi connectivity index (χ3n) is 4.69. The summed E-state index contributed by atoms with van der Waals surface area (Å²) < 4.78 is 16.4. The van der Waals surface area contributed by atoms with Gasteiger partial charge in [-0.1, -0.05) is 29.3 Å². The molecule has 0 fully saturated rings. The molecule has 0 bridgehead atoms. The van der Waals surface area contributed by atoms with Gasteiger partial charge in [0.05, 0.1) is 24.3 Å². The van der Waals surface area contributed by atoms with E-state index in [1.165, 1.54) is 14.2 Å². The Morgan fingerprint density at radius 1 is 1.00 bits per heavy atom. The molecule has 0 unspecified atom stereocenters. The highest BCUT2D eigenvalue weighted by Gasteiger charge is 2.19. The predicted octanol–water partition coefficient (Wildman–Crippen LogP) is 5.95. The Balaban J connectivity index is 1.51. The summed E-state index contributed by atoms with van der Waals surface area (Å²) in [6.45, 7) is 0. The number of fused-ring (bicyclic) bond motifs is 1. The number of halogens is 2. The van der Waals surface area contributed by atoms with Crippen molar-refractivity contribution in [2.45, 2.75) is 0 Å². The fourth-order valence-electron chi connectivity index (χ4n) is 3.16. The lowest BCUT2D eigenvalue weighted by atomic mass is 10.1. The molecular formula is C23H17Cl2N3O4S. The number of oxazole rings is 1. The SMILES string of the molecule is COc1cccc(OC)c1C(=O)NC(=S)Nc1ccc2oc(-c3ccc(Cl)c(Cl)c3)nc2c1. The Morgan fingerprint density at radius 2 is 1.73 bits per heavy atom. The van der Waals surface area contributed by atoms with Gasteiger partial charge < -0.3 is 19.2 Å². The second-order valence-corrected chi connectivity index (χ2v) is 8.00. The summed E-state index contributed by atoms with van der Waals surface area (Å²) in [6, 6.07) is 15.5. The van der Waals surface area contributed by atoms with Crippen molar-refractivity contribution in [3.63, 3.8) is 0 Å². The van der Waals surface area contributed by atoms with Gasteiger partial charge in [0.1, 0.15) is 22.6 Å². The average molecular weight is 502 g/mol. The van der Waals surface area contributed by atoms with Crippen LogP contribution in [-0.4, -0.2) is 30.2 Å². The number of amides is 1. The van der Waals surface area contributed by atoms with E-state index >= 15 is 0 Å². The van der Waals surface area contributed by atoms with Gasteiger partial charge in [-0.25, -0.2) is 4.98 Å². The molecule has 33 heavy (non-hydrogen) atoms. The molecular weight excluding hydrogens is 485 g/mol. The van der Waals surface area contributed by atoms with Gasteiger partial charge in [0.2, 0.25) is 5.89 Å². The quantitative estimate of drug-likeness (QED) is 0.327. The van der Waals surface area contributed by atoms with Crippen molar-refractivity contribution in [1.82, 2.24) is 10.3 Å². The molecule has 4 aromatic rings. The van der Waals surface area contributed by atoms with Crippen LogP contribution in [-0.2, 0) is 0 Å². The first-order valence-electron chi connectivity index (χ1n) is 9.59. The molecule has 10 heteroatoms. The molecule has 3 aromatic carbocycles. The van der Waals surface area contributed by atoms with Crippen molar-refractivity contribution in [2.24, 2.45) is 0 Å². The van der Waals surface area contributed by atoms with Gasteiger partial charge in [0.25, 0.3) is 5.91 Å². The number of thiocarbonyl (C=S) groups is 1. The number of nitrogens with one attached hydrogen (secondary N) is 2. The van der Waals surface area contributed by atoms with Gasteiger partial charge in [-0.05, 0) is 60.7 Å².